The molecule has 0 spiro atoms. The second-order valence-corrected chi connectivity index (χ2v) is 3.36. The zero-order chi connectivity index (χ0) is 11.4. The average Bonchev–Trinajstić information content (AvgIpc) is 2.25. The van der Waals surface area contributed by atoms with Gasteiger partial charge in [-0.15, -0.1) is 0 Å². The van der Waals surface area contributed by atoms with Crippen LogP contribution in [0.25, 0.3) is 0 Å². The van der Waals surface area contributed by atoms with Crippen LogP contribution in [0.3, 0.4) is 0 Å². The smallest absolute Gasteiger partial charge is 0.133 e. The zero-order valence-corrected chi connectivity index (χ0v) is 8.98. The molecule has 0 aromatic heterocycles. The highest BCUT2D eigenvalue weighted by molar-refractivity contribution is 5.80. The maximum Gasteiger partial charge on any atom is 0.133 e. The lowest BCUT2D eigenvalue weighted by Crippen LogP contribution is -1.97. The summed E-state index contributed by atoms with van der Waals surface area (Å²) < 4.78 is 0. The van der Waals surface area contributed by atoms with Gasteiger partial charge in [-0.05, 0) is 19.3 Å². The van der Waals surface area contributed by atoms with Crippen molar-refractivity contribution in [2.45, 2.75) is 44.9 Å². The highest BCUT2D eigenvalue weighted by atomic mass is 16.1. The molecule has 15 heavy (non-hydrogen) atoms. The van der Waals surface area contributed by atoms with Crippen molar-refractivity contribution >= 4 is 18.4 Å². The molecule has 0 heterocycles. The molecule has 0 amide bonds. The third-order valence-electron chi connectivity index (χ3n) is 2.02. The molecule has 0 saturated carbocycles. The van der Waals surface area contributed by atoms with Crippen LogP contribution in [0.2, 0.25) is 0 Å². The molecule has 0 atom stereocenters. The zero-order valence-electron chi connectivity index (χ0n) is 8.98. The quantitative estimate of drug-likeness (QED) is 0.315. The van der Waals surface area contributed by atoms with Crippen LogP contribution in [0, 0.1) is 0 Å². The Morgan fingerprint density at radius 3 is 2.33 bits per heavy atom. The number of ketones is 1. The van der Waals surface area contributed by atoms with Crippen LogP contribution in [0.4, 0.5) is 0 Å². The van der Waals surface area contributed by atoms with E-state index in [4.69, 9.17) is 0 Å². The van der Waals surface area contributed by atoms with Crippen molar-refractivity contribution in [3.05, 3.63) is 12.2 Å². The summed E-state index contributed by atoms with van der Waals surface area (Å²) >= 11 is 0. The first-order valence-corrected chi connectivity index (χ1v) is 5.35. The molecule has 0 saturated heterocycles. The van der Waals surface area contributed by atoms with E-state index >= 15 is 0 Å². The predicted molar refractivity (Wildman–Crippen MR) is 58.6 cm³/mol. The molecule has 0 rings (SSSR count). The lowest BCUT2D eigenvalue weighted by Gasteiger charge is -1.96. The molecule has 0 aromatic rings. The van der Waals surface area contributed by atoms with E-state index in [1.807, 2.05) is 12.2 Å². The lowest BCUT2D eigenvalue weighted by atomic mass is 10.1. The van der Waals surface area contributed by atoms with Gasteiger partial charge in [-0.3, -0.25) is 4.79 Å². The molecule has 0 aliphatic carbocycles. The summed E-state index contributed by atoms with van der Waals surface area (Å²) in [4.78, 5) is 31.1. The van der Waals surface area contributed by atoms with Gasteiger partial charge in [0.05, 0.1) is 0 Å². The summed E-state index contributed by atoms with van der Waals surface area (Å²) in [5.41, 5.74) is 0. The van der Waals surface area contributed by atoms with Crippen molar-refractivity contribution in [3.8, 4) is 0 Å². The second-order valence-electron chi connectivity index (χ2n) is 3.36. The first-order valence-electron chi connectivity index (χ1n) is 5.35. The van der Waals surface area contributed by atoms with E-state index in [1.165, 1.54) is 0 Å². The van der Waals surface area contributed by atoms with E-state index in [-0.39, 0.29) is 5.78 Å². The van der Waals surface area contributed by atoms with Crippen LogP contribution >= 0.6 is 0 Å². The number of rotatable bonds is 10. The van der Waals surface area contributed by atoms with Crippen LogP contribution in [0.15, 0.2) is 12.2 Å². The summed E-state index contributed by atoms with van der Waals surface area (Å²) in [6, 6.07) is 0. The van der Waals surface area contributed by atoms with Crippen molar-refractivity contribution in [1.82, 2.24) is 0 Å². The molecule has 0 aliphatic rings. The SMILES string of the molecule is O=CCC=CCCCCC(=O)CCC=O. The van der Waals surface area contributed by atoms with Gasteiger partial charge in [0, 0.05) is 25.7 Å². The van der Waals surface area contributed by atoms with Crippen molar-refractivity contribution in [2.24, 2.45) is 0 Å². The average molecular weight is 210 g/mol. The van der Waals surface area contributed by atoms with Gasteiger partial charge in [-0.2, -0.15) is 0 Å². The number of allylic oxidation sites excluding steroid dienone is 2. The maximum atomic E-state index is 11.1. The van der Waals surface area contributed by atoms with Crippen LogP contribution in [0.5, 0.6) is 0 Å². The van der Waals surface area contributed by atoms with E-state index in [9.17, 15) is 14.4 Å². The monoisotopic (exact) mass is 210 g/mol. The van der Waals surface area contributed by atoms with Gasteiger partial charge in [-0.1, -0.05) is 12.2 Å². The fraction of sp³-hybridized carbons (Fsp3) is 0.583. The Morgan fingerprint density at radius 1 is 0.867 bits per heavy atom. The van der Waals surface area contributed by atoms with Crippen molar-refractivity contribution in [1.29, 1.82) is 0 Å². The molecule has 84 valence electrons. The lowest BCUT2D eigenvalue weighted by molar-refractivity contribution is -0.120. The first-order chi connectivity index (χ1) is 7.31. The number of hydrogen-bond acceptors (Lipinski definition) is 3. The van der Waals surface area contributed by atoms with Crippen LogP contribution in [-0.4, -0.2) is 18.4 Å². The molecule has 0 aliphatic heterocycles. The standard InChI is InChI=1S/C12H18O3/c13-10-6-4-2-1-3-5-8-12(15)9-7-11-14/h2,4,10-11H,1,3,5-9H2. The molecule has 0 N–H and O–H groups in total. The highest BCUT2D eigenvalue weighted by Crippen LogP contribution is 2.04. The Labute approximate surface area is 90.5 Å². The van der Waals surface area contributed by atoms with Crippen LogP contribution in [-0.2, 0) is 14.4 Å². The first kappa shape index (κ1) is 13.8. The van der Waals surface area contributed by atoms with Crippen molar-refractivity contribution in [3.63, 3.8) is 0 Å². The Hall–Kier alpha value is -1.25. The van der Waals surface area contributed by atoms with E-state index in [0.717, 1.165) is 31.8 Å². The predicted octanol–water partition coefficient (Wildman–Crippen LogP) is 2.24. The molecule has 3 heteroatoms. The summed E-state index contributed by atoms with van der Waals surface area (Å²) in [5, 5.41) is 0. The molecule has 3 nitrogen and oxygen atoms in total. The largest absolute Gasteiger partial charge is 0.303 e. The van der Waals surface area contributed by atoms with Gasteiger partial charge in [0.15, 0.2) is 0 Å². The summed E-state index contributed by atoms with van der Waals surface area (Å²) in [6.07, 6.45) is 9.93. The van der Waals surface area contributed by atoms with Gasteiger partial charge >= 0.3 is 0 Å². The molecule has 0 aromatic carbocycles. The summed E-state index contributed by atoms with van der Waals surface area (Å²) in [7, 11) is 0. The molecule has 0 radical (unpaired) electrons. The Morgan fingerprint density at radius 2 is 1.67 bits per heavy atom. The van der Waals surface area contributed by atoms with Gasteiger partial charge in [0.1, 0.15) is 18.4 Å². The van der Waals surface area contributed by atoms with Gasteiger partial charge in [0.2, 0.25) is 0 Å². The van der Waals surface area contributed by atoms with E-state index in [0.29, 0.717) is 25.7 Å². The third kappa shape index (κ3) is 10.7. The minimum Gasteiger partial charge on any atom is -0.303 e. The van der Waals surface area contributed by atoms with E-state index in [2.05, 4.69) is 0 Å². The van der Waals surface area contributed by atoms with Gasteiger partial charge in [-0.25, -0.2) is 0 Å². The number of carbonyl (C=O) groups excluding carboxylic acids is 3. The van der Waals surface area contributed by atoms with Gasteiger partial charge in [0.25, 0.3) is 0 Å². The van der Waals surface area contributed by atoms with Crippen molar-refractivity contribution < 1.29 is 14.4 Å². The molecule has 0 unspecified atom stereocenters. The summed E-state index contributed by atoms with van der Waals surface area (Å²) in [5.74, 6) is 0.166. The molecular formula is C12H18O3. The Balaban J connectivity index is 3.26. The fourth-order valence-corrected chi connectivity index (χ4v) is 1.20. The minimum atomic E-state index is 0.166. The maximum absolute atomic E-state index is 11.1. The van der Waals surface area contributed by atoms with Crippen molar-refractivity contribution in [2.75, 3.05) is 0 Å². The molecule has 0 bridgehead atoms. The number of unbranched alkanes of at least 4 members (excludes halogenated alkanes) is 2. The molecular weight excluding hydrogens is 192 g/mol. The minimum absolute atomic E-state index is 0.166. The van der Waals surface area contributed by atoms with Gasteiger partial charge < -0.3 is 9.59 Å². The number of carbonyl (C=O) groups is 3. The van der Waals surface area contributed by atoms with E-state index < -0.39 is 0 Å². The van der Waals surface area contributed by atoms with Crippen LogP contribution in [0.1, 0.15) is 44.9 Å². The second kappa shape index (κ2) is 10.8. The molecule has 0 fully saturated rings. The topological polar surface area (TPSA) is 51.2 Å². The summed E-state index contributed by atoms with van der Waals surface area (Å²) in [6.45, 7) is 0. The van der Waals surface area contributed by atoms with E-state index in [1.54, 1.807) is 0 Å². The highest BCUT2D eigenvalue weighted by Gasteiger charge is 1.99. The number of aldehydes is 2. The Bertz CT molecular complexity index is 219. The Kier molecular flexibility index (Phi) is 9.93. The van der Waals surface area contributed by atoms with Crippen LogP contribution < -0.4 is 0 Å². The number of Topliss-reactive ketones (excluding diaryl/α,β-unsaturated/α-hetero) is 1. The fourth-order valence-electron chi connectivity index (χ4n) is 1.20. The normalized spacial score (nSPS) is 10.4. The number of hydrogen-bond donors (Lipinski definition) is 0. The third-order valence-corrected chi connectivity index (χ3v) is 2.02.